The Labute approximate surface area is 144 Å². The second-order valence-electron chi connectivity index (χ2n) is 6.89. The minimum Gasteiger partial charge on any atom is -0.449 e. The molecule has 2 saturated heterocycles. The van der Waals surface area contributed by atoms with Crippen LogP contribution in [0.5, 0.6) is 0 Å². The summed E-state index contributed by atoms with van der Waals surface area (Å²) in [5.41, 5.74) is 10.8. The van der Waals surface area contributed by atoms with Gasteiger partial charge in [-0.1, -0.05) is 0 Å². The van der Waals surface area contributed by atoms with E-state index in [2.05, 4.69) is 4.90 Å². The van der Waals surface area contributed by atoms with Crippen molar-refractivity contribution in [2.24, 2.45) is 17.4 Å². The van der Waals surface area contributed by atoms with Gasteiger partial charge in [-0.05, 0) is 14.0 Å². The van der Waals surface area contributed by atoms with Crippen molar-refractivity contribution >= 4 is 17.7 Å². The number of methoxy groups -OCH3 is 1. The highest BCUT2D eigenvalue weighted by atomic mass is 16.6. The van der Waals surface area contributed by atoms with E-state index in [4.69, 9.17) is 20.9 Å². The van der Waals surface area contributed by atoms with Gasteiger partial charge in [0.15, 0.2) is 5.72 Å². The third kappa shape index (κ3) is 1.72. The average molecular weight is 348 g/mol. The highest BCUT2D eigenvalue weighted by Gasteiger charge is 2.75. The first-order chi connectivity index (χ1) is 11.8. The van der Waals surface area contributed by atoms with Gasteiger partial charge in [-0.15, -0.1) is 0 Å². The normalized spacial score (nSPS) is 38.8. The molecule has 4 aliphatic rings. The van der Waals surface area contributed by atoms with E-state index in [1.165, 1.54) is 7.11 Å². The van der Waals surface area contributed by atoms with Gasteiger partial charge in [0, 0.05) is 30.8 Å². The molecule has 1 amide bonds. The number of piperazine rings is 1. The lowest BCUT2D eigenvalue weighted by Gasteiger charge is -2.40. The largest absolute Gasteiger partial charge is 0.449 e. The van der Waals surface area contributed by atoms with E-state index in [-0.39, 0.29) is 41.3 Å². The Balaban J connectivity index is 1.85. The average Bonchev–Trinajstić information content (AvgIpc) is 2.96. The summed E-state index contributed by atoms with van der Waals surface area (Å²) in [6, 6.07) is 0.211. The summed E-state index contributed by atoms with van der Waals surface area (Å²) in [5.74, 6) is -1.32. The zero-order chi connectivity index (χ0) is 18.3. The fourth-order valence-electron chi connectivity index (χ4n) is 4.73. The molecular formula is C16H20N4O5. The van der Waals surface area contributed by atoms with Crippen LogP contribution in [0, 0.1) is 5.92 Å². The van der Waals surface area contributed by atoms with Crippen molar-refractivity contribution in [3.63, 3.8) is 0 Å². The van der Waals surface area contributed by atoms with Crippen LogP contribution in [0.1, 0.15) is 6.92 Å². The van der Waals surface area contributed by atoms with E-state index in [0.29, 0.717) is 12.2 Å². The lowest BCUT2D eigenvalue weighted by atomic mass is 9.82. The summed E-state index contributed by atoms with van der Waals surface area (Å²) in [6.07, 6.45) is -0.945. The van der Waals surface area contributed by atoms with Crippen molar-refractivity contribution in [2.45, 2.75) is 24.7 Å². The van der Waals surface area contributed by atoms with Gasteiger partial charge in [0.1, 0.15) is 6.61 Å². The van der Waals surface area contributed by atoms with Crippen molar-refractivity contribution < 1.29 is 23.9 Å². The lowest BCUT2D eigenvalue weighted by Crippen LogP contribution is -2.55. The predicted octanol–water partition coefficient (Wildman–Crippen LogP) is -1.31. The Kier molecular flexibility index (Phi) is 3.11. The van der Waals surface area contributed by atoms with Crippen molar-refractivity contribution in [2.75, 3.05) is 27.3 Å². The number of hydrogen-bond acceptors (Lipinski definition) is 8. The number of rotatable bonds is 3. The molecule has 9 nitrogen and oxygen atoms in total. The standard InChI is InChI=1S/C16H20N4O5/c1-6-10(17)13(22)9-7(5-25-15(18)23)16(24-3)14-8(19(14)2)4-20(16)11(9)12(6)21/h7-8,14H,4-5,17H2,1-3H3,(H2,18,23)/t7-,8+,14-,16+,19?/m1/s1. The highest BCUT2D eigenvalue weighted by Crippen LogP contribution is 2.59. The SMILES string of the molecule is CO[C@]12[C@H](COC(N)=O)C3=C(C(=O)C(C)=C(N)C3=O)N1C[C@H]1[C@H]2N1C. The van der Waals surface area contributed by atoms with Crippen LogP contribution < -0.4 is 11.5 Å². The molecular weight excluding hydrogens is 328 g/mol. The third-order valence-corrected chi connectivity index (χ3v) is 5.99. The topological polar surface area (TPSA) is 128 Å². The number of ether oxygens (including phenoxy) is 2. The molecule has 25 heavy (non-hydrogen) atoms. The lowest BCUT2D eigenvalue weighted by molar-refractivity contribution is -0.144. The smallest absolute Gasteiger partial charge is 0.404 e. The second-order valence-corrected chi connectivity index (χ2v) is 6.89. The first-order valence-electron chi connectivity index (χ1n) is 8.04. The van der Waals surface area contributed by atoms with Gasteiger partial charge >= 0.3 is 6.09 Å². The van der Waals surface area contributed by atoms with Gasteiger partial charge in [0.2, 0.25) is 11.6 Å². The molecule has 1 unspecified atom stereocenters. The van der Waals surface area contributed by atoms with Gasteiger partial charge in [0.05, 0.1) is 23.4 Å². The van der Waals surface area contributed by atoms with Crippen LogP contribution in [0.4, 0.5) is 4.79 Å². The Morgan fingerprint density at radius 3 is 2.64 bits per heavy atom. The Morgan fingerprint density at radius 2 is 2.04 bits per heavy atom. The van der Waals surface area contributed by atoms with Crippen molar-refractivity contribution in [1.82, 2.24) is 9.80 Å². The summed E-state index contributed by atoms with van der Waals surface area (Å²) in [5, 5.41) is 0. The van der Waals surface area contributed by atoms with Crippen molar-refractivity contribution in [3.05, 3.63) is 22.5 Å². The molecule has 0 radical (unpaired) electrons. The minimum absolute atomic E-state index is 0.00768. The fraction of sp³-hybridized carbons (Fsp3) is 0.562. The summed E-state index contributed by atoms with van der Waals surface area (Å²) in [6.45, 7) is 1.96. The molecule has 4 rings (SSSR count). The van der Waals surface area contributed by atoms with Gasteiger partial charge in [-0.2, -0.15) is 0 Å². The summed E-state index contributed by atoms with van der Waals surface area (Å²) in [4.78, 5) is 40.8. The maximum atomic E-state index is 12.9. The van der Waals surface area contributed by atoms with E-state index in [1.807, 2.05) is 11.9 Å². The molecule has 0 saturated carbocycles. The van der Waals surface area contributed by atoms with Gasteiger partial charge < -0.3 is 25.8 Å². The molecule has 0 aromatic carbocycles. The number of carbonyl (C=O) groups excluding carboxylic acids is 3. The monoisotopic (exact) mass is 348 g/mol. The number of allylic oxidation sites excluding steroid dienone is 2. The van der Waals surface area contributed by atoms with Crippen LogP contribution in [0.25, 0.3) is 0 Å². The fourth-order valence-corrected chi connectivity index (χ4v) is 4.73. The maximum absolute atomic E-state index is 12.9. The number of likely N-dealkylation sites (N-methyl/N-ethyl adjacent to an activating group) is 1. The van der Waals surface area contributed by atoms with E-state index in [9.17, 15) is 14.4 Å². The van der Waals surface area contributed by atoms with Crippen LogP contribution in [-0.4, -0.2) is 72.6 Å². The number of hydrogen-bond donors (Lipinski definition) is 2. The number of amides is 1. The molecule has 3 aliphatic heterocycles. The van der Waals surface area contributed by atoms with Gasteiger partial charge in [-0.25, -0.2) is 4.79 Å². The predicted molar refractivity (Wildman–Crippen MR) is 84.7 cm³/mol. The Morgan fingerprint density at radius 1 is 1.36 bits per heavy atom. The number of Topliss-reactive ketones (excluding diaryl/α,β-unsaturated/α-hetero) is 2. The molecule has 2 fully saturated rings. The molecule has 0 aromatic rings. The molecule has 3 heterocycles. The van der Waals surface area contributed by atoms with Crippen molar-refractivity contribution in [3.8, 4) is 0 Å². The number of primary amides is 1. The first kappa shape index (κ1) is 16.1. The molecule has 9 heteroatoms. The number of nitrogens with two attached hydrogens (primary N) is 2. The summed E-state index contributed by atoms with van der Waals surface area (Å²) < 4.78 is 10.9. The highest BCUT2D eigenvalue weighted by molar-refractivity contribution is 6.25. The first-order valence-corrected chi connectivity index (χ1v) is 8.04. The molecule has 1 aliphatic carbocycles. The van der Waals surface area contributed by atoms with E-state index < -0.39 is 23.5 Å². The van der Waals surface area contributed by atoms with E-state index in [1.54, 1.807) is 6.92 Å². The third-order valence-electron chi connectivity index (χ3n) is 5.99. The number of ketones is 2. The van der Waals surface area contributed by atoms with E-state index in [0.717, 1.165) is 0 Å². The molecule has 134 valence electrons. The minimum atomic E-state index is -0.949. The second kappa shape index (κ2) is 4.83. The Hall–Kier alpha value is -2.39. The van der Waals surface area contributed by atoms with Gasteiger partial charge in [-0.3, -0.25) is 14.5 Å². The summed E-state index contributed by atoms with van der Waals surface area (Å²) in [7, 11) is 3.49. The van der Waals surface area contributed by atoms with E-state index >= 15 is 0 Å². The van der Waals surface area contributed by atoms with Crippen LogP contribution in [0.3, 0.4) is 0 Å². The number of carbonyl (C=O) groups is 3. The molecule has 4 N–H and O–H groups in total. The summed E-state index contributed by atoms with van der Waals surface area (Å²) >= 11 is 0. The van der Waals surface area contributed by atoms with Gasteiger partial charge in [0.25, 0.3) is 0 Å². The van der Waals surface area contributed by atoms with Crippen molar-refractivity contribution in [1.29, 1.82) is 0 Å². The quantitative estimate of drug-likeness (QED) is 0.475. The number of nitrogens with zero attached hydrogens (tertiary/aromatic N) is 2. The van der Waals surface area contributed by atoms with Crippen LogP contribution in [0.15, 0.2) is 22.5 Å². The maximum Gasteiger partial charge on any atom is 0.404 e. The molecule has 0 spiro atoms. The van der Waals surface area contributed by atoms with Crippen LogP contribution in [-0.2, 0) is 19.1 Å². The van der Waals surface area contributed by atoms with Crippen LogP contribution >= 0.6 is 0 Å². The molecule has 0 bridgehead atoms. The zero-order valence-electron chi connectivity index (χ0n) is 14.2. The van der Waals surface area contributed by atoms with Crippen LogP contribution in [0.2, 0.25) is 0 Å². The zero-order valence-corrected chi connectivity index (χ0v) is 14.2. The number of fused-ring (bicyclic) bond motifs is 4. The molecule has 5 atom stereocenters. The Bertz CT molecular complexity index is 787. The molecule has 0 aromatic heterocycles.